The number of benzene rings is 1. The van der Waals surface area contributed by atoms with Crippen LogP contribution in [0.5, 0.6) is 5.75 Å². The SMILES string of the molecule is Nc1nnc(Nc2ccc(O)c(C(=O)O)c2)nc1N. The number of anilines is 4. The molecule has 9 heteroatoms. The molecular formula is C10H10N6O3. The van der Waals surface area contributed by atoms with Crippen LogP contribution in [0.1, 0.15) is 10.4 Å². The first-order valence-corrected chi connectivity index (χ1v) is 5.06. The summed E-state index contributed by atoms with van der Waals surface area (Å²) in [7, 11) is 0. The Morgan fingerprint density at radius 2 is 1.95 bits per heavy atom. The molecule has 0 spiro atoms. The van der Waals surface area contributed by atoms with E-state index in [1.807, 2.05) is 0 Å². The number of nitrogens with one attached hydrogen (secondary N) is 1. The van der Waals surface area contributed by atoms with Crippen molar-refractivity contribution in [2.45, 2.75) is 0 Å². The van der Waals surface area contributed by atoms with Gasteiger partial charge >= 0.3 is 5.97 Å². The third-order valence-electron chi connectivity index (χ3n) is 2.22. The summed E-state index contributed by atoms with van der Waals surface area (Å²) in [4.78, 5) is 14.7. The van der Waals surface area contributed by atoms with Crippen molar-refractivity contribution in [1.29, 1.82) is 0 Å². The third-order valence-corrected chi connectivity index (χ3v) is 2.22. The Labute approximate surface area is 106 Å². The molecule has 0 aliphatic carbocycles. The van der Waals surface area contributed by atoms with E-state index in [0.29, 0.717) is 5.69 Å². The largest absolute Gasteiger partial charge is 0.507 e. The summed E-state index contributed by atoms with van der Waals surface area (Å²) in [6.45, 7) is 0. The van der Waals surface area contributed by atoms with E-state index in [-0.39, 0.29) is 28.9 Å². The molecule has 2 rings (SSSR count). The van der Waals surface area contributed by atoms with Gasteiger partial charge in [-0.2, -0.15) is 4.98 Å². The van der Waals surface area contributed by atoms with E-state index >= 15 is 0 Å². The number of hydrogen-bond acceptors (Lipinski definition) is 8. The maximum atomic E-state index is 10.9. The average Bonchev–Trinajstić information content (AvgIpc) is 2.36. The predicted octanol–water partition coefficient (Wildman–Crippen LogP) is 0.183. The van der Waals surface area contributed by atoms with Crippen molar-refractivity contribution in [3.8, 4) is 5.75 Å². The second kappa shape index (κ2) is 4.64. The van der Waals surface area contributed by atoms with Crippen LogP contribution in [0.25, 0.3) is 0 Å². The van der Waals surface area contributed by atoms with Crippen molar-refractivity contribution in [2.75, 3.05) is 16.8 Å². The van der Waals surface area contributed by atoms with Gasteiger partial charge in [0.15, 0.2) is 11.6 Å². The number of nitrogen functional groups attached to an aromatic ring is 2. The molecule has 1 aromatic heterocycles. The molecule has 9 nitrogen and oxygen atoms in total. The number of phenols is 1. The van der Waals surface area contributed by atoms with Gasteiger partial charge in [0.05, 0.1) is 0 Å². The quantitative estimate of drug-likeness (QED) is 0.486. The van der Waals surface area contributed by atoms with E-state index < -0.39 is 5.97 Å². The maximum absolute atomic E-state index is 10.9. The van der Waals surface area contributed by atoms with Gasteiger partial charge in [0.25, 0.3) is 0 Å². The molecule has 0 unspecified atom stereocenters. The Balaban J connectivity index is 2.30. The van der Waals surface area contributed by atoms with Gasteiger partial charge in [-0.15, -0.1) is 10.2 Å². The molecule has 0 amide bonds. The van der Waals surface area contributed by atoms with Gasteiger partial charge in [0.2, 0.25) is 5.95 Å². The van der Waals surface area contributed by atoms with Crippen molar-refractivity contribution in [3.63, 3.8) is 0 Å². The number of rotatable bonds is 3. The number of carboxylic acids is 1. The summed E-state index contributed by atoms with van der Waals surface area (Å²) in [5, 5.41) is 28.1. The summed E-state index contributed by atoms with van der Waals surface area (Å²) in [6.07, 6.45) is 0. The molecule has 19 heavy (non-hydrogen) atoms. The number of aromatic carboxylic acids is 1. The van der Waals surface area contributed by atoms with Gasteiger partial charge < -0.3 is 27.0 Å². The summed E-state index contributed by atoms with van der Waals surface area (Å²) in [5.41, 5.74) is 10.9. The molecule has 1 aromatic carbocycles. The zero-order valence-corrected chi connectivity index (χ0v) is 9.53. The van der Waals surface area contributed by atoms with Gasteiger partial charge in [-0.05, 0) is 18.2 Å². The fraction of sp³-hybridized carbons (Fsp3) is 0. The Kier molecular flexibility index (Phi) is 3.02. The molecule has 0 aliphatic rings. The lowest BCUT2D eigenvalue weighted by molar-refractivity contribution is 0.0694. The van der Waals surface area contributed by atoms with E-state index in [0.717, 1.165) is 0 Å². The van der Waals surface area contributed by atoms with Crippen molar-refractivity contribution < 1.29 is 15.0 Å². The molecule has 0 fully saturated rings. The summed E-state index contributed by atoms with van der Waals surface area (Å²) in [5.74, 6) is -1.52. The zero-order chi connectivity index (χ0) is 14.0. The number of aromatic nitrogens is 3. The van der Waals surface area contributed by atoms with Gasteiger partial charge in [-0.25, -0.2) is 4.79 Å². The van der Waals surface area contributed by atoms with Crippen LogP contribution in [0.3, 0.4) is 0 Å². The highest BCUT2D eigenvalue weighted by atomic mass is 16.4. The van der Waals surface area contributed by atoms with E-state index in [9.17, 15) is 9.90 Å². The molecule has 0 saturated carbocycles. The Bertz CT molecular complexity index is 645. The topological polar surface area (TPSA) is 160 Å². The molecule has 98 valence electrons. The van der Waals surface area contributed by atoms with Crippen molar-refractivity contribution in [2.24, 2.45) is 0 Å². The van der Waals surface area contributed by atoms with E-state index in [1.165, 1.54) is 18.2 Å². The number of carbonyl (C=O) groups is 1. The van der Waals surface area contributed by atoms with E-state index in [2.05, 4.69) is 20.5 Å². The minimum Gasteiger partial charge on any atom is -0.507 e. The second-order valence-corrected chi connectivity index (χ2v) is 3.57. The number of carboxylic acid groups (broad SMARTS) is 1. The van der Waals surface area contributed by atoms with E-state index in [4.69, 9.17) is 16.6 Å². The van der Waals surface area contributed by atoms with Crippen LogP contribution < -0.4 is 16.8 Å². The van der Waals surface area contributed by atoms with Gasteiger partial charge in [-0.3, -0.25) is 0 Å². The molecular weight excluding hydrogens is 252 g/mol. The first-order valence-electron chi connectivity index (χ1n) is 5.06. The number of hydrogen-bond donors (Lipinski definition) is 5. The summed E-state index contributed by atoms with van der Waals surface area (Å²) >= 11 is 0. The van der Waals surface area contributed by atoms with Crippen LogP contribution in [-0.4, -0.2) is 31.4 Å². The predicted molar refractivity (Wildman–Crippen MR) is 67.0 cm³/mol. The molecule has 0 saturated heterocycles. The Morgan fingerprint density at radius 1 is 1.21 bits per heavy atom. The lowest BCUT2D eigenvalue weighted by Gasteiger charge is -2.07. The van der Waals surface area contributed by atoms with Gasteiger partial charge in [-0.1, -0.05) is 0 Å². The summed E-state index contributed by atoms with van der Waals surface area (Å²) in [6, 6.07) is 3.92. The molecule has 0 aliphatic heterocycles. The maximum Gasteiger partial charge on any atom is 0.339 e. The third kappa shape index (κ3) is 2.60. The van der Waals surface area contributed by atoms with Gasteiger partial charge in [0.1, 0.15) is 11.3 Å². The molecule has 0 bridgehead atoms. The number of nitrogens with two attached hydrogens (primary N) is 2. The Morgan fingerprint density at radius 3 is 2.58 bits per heavy atom. The minimum absolute atomic E-state index is 0.00230. The average molecular weight is 262 g/mol. The highest BCUT2D eigenvalue weighted by Gasteiger charge is 2.11. The standard InChI is InChI=1S/C10H10N6O3/c11-7-8(12)15-16-10(14-7)13-4-1-2-6(17)5(3-4)9(18)19/h1-3,17H,(H2,12,15)(H,18,19)(H3,11,13,14,16). The van der Waals surface area contributed by atoms with Crippen LogP contribution in [0.15, 0.2) is 18.2 Å². The van der Waals surface area contributed by atoms with Crippen molar-refractivity contribution >= 4 is 29.2 Å². The highest BCUT2D eigenvalue weighted by Crippen LogP contribution is 2.23. The zero-order valence-electron chi connectivity index (χ0n) is 9.53. The fourth-order valence-electron chi connectivity index (χ4n) is 1.31. The molecule has 0 radical (unpaired) electrons. The van der Waals surface area contributed by atoms with Crippen molar-refractivity contribution in [1.82, 2.24) is 15.2 Å². The molecule has 7 N–H and O–H groups in total. The number of nitrogens with zero attached hydrogens (tertiary/aromatic N) is 3. The summed E-state index contributed by atoms with van der Waals surface area (Å²) < 4.78 is 0. The smallest absolute Gasteiger partial charge is 0.339 e. The van der Waals surface area contributed by atoms with Crippen LogP contribution in [0.2, 0.25) is 0 Å². The van der Waals surface area contributed by atoms with Crippen LogP contribution in [0.4, 0.5) is 23.3 Å². The molecule has 2 aromatic rings. The molecule has 1 heterocycles. The van der Waals surface area contributed by atoms with Gasteiger partial charge in [0, 0.05) is 5.69 Å². The van der Waals surface area contributed by atoms with E-state index in [1.54, 1.807) is 0 Å². The monoisotopic (exact) mass is 262 g/mol. The lowest BCUT2D eigenvalue weighted by Crippen LogP contribution is -2.07. The lowest BCUT2D eigenvalue weighted by atomic mass is 10.2. The van der Waals surface area contributed by atoms with Crippen LogP contribution >= 0.6 is 0 Å². The van der Waals surface area contributed by atoms with Crippen molar-refractivity contribution in [3.05, 3.63) is 23.8 Å². The van der Waals surface area contributed by atoms with Crippen LogP contribution in [-0.2, 0) is 0 Å². The number of aromatic hydroxyl groups is 1. The highest BCUT2D eigenvalue weighted by molar-refractivity contribution is 5.92. The second-order valence-electron chi connectivity index (χ2n) is 3.57. The van der Waals surface area contributed by atoms with Crippen LogP contribution in [0, 0.1) is 0 Å². The Hall–Kier alpha value is -3.10. The fourth-order valence-corrected chi connectivity index (χ4v) is 1.31. The first-order chi connectivity index (χ1) is 8.97. The minimum atomic E-state index is -1.25. The molecule has 0 atom stereocenters. The normalized spacial score (nSPS) is 10.1. The first kappa shape index (κ1) is 12.4.